The fraction of sp³-hybridized carbons (Fsp3) is 0.400. The Balaban J connectivity index is 2.66. The summed E-state index contributed by atoms with van der Waals surface area (Å²) in [6, 6.07) is 5.03. The predicted octanol–water partition coefficient (Wildman–Crippen LogP) is 2.61. The van der Waals surface area contributed by atoms with Crippen molar-refractivity contribution in [1.82, 2.24) is 5.32 Å². The summed E-state index contributed by atoms with van der Waals surface area (Å²) in [5, 5.41) is 2.88. The van der Waals surface area contributed by atoms with Gasteiger partial charge in [0, 0.05) is 12.1 Å². The highest BCUT2D eigenvalue weighted by atomic mass is 16.5. The van der Waals surface area contributed by atoms with Gasteiger partial charge in [-0.1, -0.05) is 26.5 Å². The standard InChI is InChI=1S/C15H22N2O2/c1-4-9-19-14-10-12(5-6-13(14)16)15(18)17-8-7-11(2)3/h4-6,10-11H,1,7-9,16H2,2-3H3,(H,17,18). The Bertz CT molecular complexity index is 442. The summed E-state index contributed by atoms with van der Waals surface area (Å²) >= 11 is 0. The third-order valence-electron chi connectivity index (χ3n) is 2.64. The lowest BCUT2D eigenvalue weighted by molar-refractivity contribution is 0.0951. The van der Waals surface area contributed by atoms with Gasteiger partial charge in [0.1, 0.15) is 12.4 Å². The van der Waals surface area contributed by atoms with E-state index in [-0.39, 0.29) is 5.91 Å². The fourth-order valence-corrected chi connectivity index (χ4v) is 1.53. The Labute approximate surface area is 114 Å². The van der Waals surface area contributed by atoms with Crippen molar-refractivity contribution in [1.29, 1.82) is 0 Å². The first kappa shape index (κ1) is 15.1. The highest BCUT2D eigenvalue weighted by Crippen LogP contribution is 2.22. The van der Waals surface area contributed by atoms with E-state index in [1.54, 1.807) is 24.3 Å². The topological polar surface area (TPSA) is 64.3 Å². The number of nitrogens with two attached hydrogens (primary N) is 1. The zero-order chi connectivity index (χ0) is 14.3. The number of ether oxygens (including phenoxy) is 1. The van der Waals surface area contributed by atoms with Crippen molar-refractivity contribution >= 4 is 11.6 Å². The molecule has 0 aliphatic carbocycles. The number of rotatable bonds is 7. The molecule has 0 saturated carbocycles. The van der Waals surface area contributed by atoms with Gasteiger partial charge in [0.2, 0.25) is 0 Å². The minimum absolute atomic E-state index is 0.107. The lowest BCUT2D eigenvalue weighted by atomic mass is 10.1. The van der Waals surface area contributed by atoms with Gasteiger partial charge in [0.05, 0.1) is 5.69 Å². The first-order valence-electron chi connectivity index (χ1n) is 6.46. The van der Waals surface area contributed by atoms with Crippen LogP contribution in [0.3, 0.4) is 0 Å². The molecular weight excluding hydrogens is 240 g/mol. The molecule has 1 aromatic rings. The summed E-state index contributed by atoms with van der Waals surface area (Å²) < 4.78 is 5.40. The molecule has 0 unspecified atom stereocenters. The van der Waals surface area contributed by atoms with Gasteiger partial charge >= 0.3 is 0 Å². The van der Waals surface area contributed by atoms with E-state index in [4.69, 9.17) is 10.5 Å². The molecule has 0 bridgehead atoms. The van der Waals surface area contributed by atoms with E-state index in [2.05, 4.69) is 25.7 Å². The first-order chi connectivity index (χ1) is 9.04. The van der Waals surface area contributed by atoms with E-state index in [0.29, 0.717) is 36.1 Å². The van der Waals surface area contributed by atoms with Crippen LogP contribution in [0.4, 0.5) is 5.69 Å². The van der Waals surface area contributed by atoms with E-state index < -0.39 is 0 Å². The number of nitrogen functional groups attached to an aromatic ring is 1. The molecule has 4 nitrogen and oxygen atoms in total. The third-order valence-corrected chi connectivity index (χ3v) is 2.64. The maximum atomic E-state index is 11.9. The van der Waals surface area contributed by atoms with Crippen LogP contribution in [-0.4, -0.2) is 19.1 Å². The van der Waals surface area contributed by atoms with Crippen LogP contribution in [0, 0.1) is 5.92 Å². The number of hydrogen-bond donors (Lipinski definition) is 2. The van der Waals surface area contributed by atoms with E-state index in [0.717, 1.165) is 6.42 Å². The van der Waals surface area contributed by atoms with Gasteiger partial charge in [-0.25, -0.2) is 0 Å². The van der Waals surface area contributed by atoms with Crippen molar-refractivity contribution < 1.29 is 9.53 Å². The second-order valence-corrected chi connectivity index (χ2v) is 4.79. The predicted molar refractivity (Wildman–Crippen MR) is 78.3 cm³/mol. The van der Waals surface area contributed by atoms with Gasteiger partial charge in [-0.3, -0.25) is 4.79 Å². The van der Waals surface area contributed by atoms with Gasteiger partial charge in [-0.2, -0.15) is 0 Å². The van der Waals surface area contributed by atoms with Gasteiger partial charge in [-0.15, -0.1) is 0 Å². The molecule has 0 spiro atoms. The number of hydrogen-bond acceptors (Lipinski definition) is 3. The molecule has 0 atom stereocenters. The van der Waals surface area contributed by atoms with Crippen molar-refractivity contribution in [2.75, 3.05) is 18.9 Å². The van der Waals surface area contributed by atoms with Crippen LogP contribution >= 0.6 is 0 Å². The monoisotopic (exact) mass is 262 g/mol. The van der Waals surface area contributed by atoms with E-state index in [1.165, 1.54) is 0 Å². The number of benzene rings is 1. The minimum atomic E-state index is -0.107. The Hall–Kier alpha value is -1.97. The van der Waals surface area contributed by atoms with Crippen LogP contribution in [0.15, 0.2) is 30.9 Å². The van der Waals surface area contributed by atoms with Crippen LogP contribution in [0.1, 0.15) is 30.6 Å². The molecule has 4 heteroatoms. The Morgan fingerprint density at radius 2 is 2.26 bits per heavy atom. The number of carbonyl (C=O) groups excluding carboxylic acids is 1. The Morgan fingerprint density at radius 3 is 2.89 bits per heavy atom. The van der Waals surface area contributed by atoms with E-state index in [9.17, 15) is 4.79 Å². The smallest absolute Gasteiger partial charge is 0.251 e. The molecule has 1 amide bonds. The number of nitrogens with one attached hydrogen (secondary N) is 1. The quantitative estimate of drug-likeness (QED) is 0.586. The summed E-state index contributed by atoms with van der Waals surface area (Å²) in [5.41, 5.74) is 6.85. The summed E-state index contributed by atoms with van der Waals surface area (Å²) in [6.45, 7) is 8.85. The Kier molecular flexibility index (Phi) is 5.93. The minimum Gasteiger partial charge on any atom is -0.487 e. The number of anilines is 1. The molecule has 1 rings (SSSR count). The molecule has 0 radical (unpaired) electrons. The van der Waals surface area contributed by atoms with Gasteiger partial charge in [-0.05, 0) is 30.5 Å². The number of carbonyl (C=O) groups is 1. The Morgan fingerprint density at radius 1 is 1.53 bits per heavy atom. The maximum Gasteiger partial charge on any atom is 0.251 e. The lowest BCUT2D eigenvalue weighted by Gasteiger charge is -2.10. The molecule has 104 valence electrons. The zero-order valence-corrected chi connectivity index (χ0v) is 11.6. The van der Waals surface area contributed by atoms with Crippen LogP contribution in [0.5, 0.6) is 5.75 Å². The molecule has 0 saturated heterocycles. The summed E-state index contributed by atoms with van der Waals surface area (Å²) in [7, 11) is 0. The molecule has 3 N–H and O–H groups in total. The molecule has 0 fully saturated rings. The van der Waals surface area contributed by atoms with Crippen LogP contribution < -0.4 is 15.8 Å². The molecular formula is C15H22N2O2. The average molecular weight is 262 g/mol. The van der Waals surface area contributed by atoms with E-state index >= 15 is 0 Å². The SMILES string of the molecule is C=CCOc1cc(C(=O)NCCC(C)C)ccc1N. The van der Waals surface area contributed by atoms with Crippen LogP contribution in [0.2, 0.25) is 0 Å². The summed E-state index contributed by atoms with van der Waals surface area (Å²) in [4.78, 5) is 11.9. The third kappa shape index (κ3) is 5.04. The maximum absolute atomic E-state index is 11.9. The lowest BCUT2D eigenvalue weighted by Crippen LogP contribution is -2.25. The van der Waals surface area contributed by atoms with E-state index in [1.807, 2.05) is 0 Å². The van der Waals surface area contributed by atoms with Crippen molar-refractivity contribution in [2.45, 2.75) is 20.3 Å². The van der Waals surface area contributed by atoms with Crippen LogP contribution in [-0.2, 0) is 0 Å². The van der Waals surface area contributed by atoms with Crippen molar-refractivity contribution in [3.05, 3.63) is 36.4 Å². The van der Waals surface area contributed by atoms with Gasteiger partial charge in [0.15, 0.2) is 0 Å². The summed E-state index contributed by atoms with van der Waals surface area (Å²) in [5.74, 6) is 0.971. The second-order valence-electron chi connectivity index (χ2n) is 4.79. The van der Waals surface area contributed by atoms with Crippen molar-refractivity contribution in [2.24, 2.45) is 5.92 Å². The largest absolute Gasteiger partial charge is 0.487 e. The highest BCUT2D eigenvalue weighted by Gasteiger charge is 2.09. The van der Waals surface area contributed by atoms with Gasteiger partial charge in [0.25, 0.3) is 5.91 Å². The summed E-state index contributed by atoms with van der Waals surface area (Å²) in [6.07, 6.45) is 2.59. The highest BCUT2D eigenvalue weighted by molar-refractivity contribution is 5.95. The molecule has 19 heavy (non-hydrogen) atoms. The first-order valence-corrected chi connectivity index (χ1v) is 6.46. The van der Waals surface area contributed by atoms with Crippen molar-refractivity contribution in [3.63, 3.8) is 0 Å². The molecule has 0 aliphatic heterocycles. The second kappa shape index (κ2) is 7.46. The fourth-order valence-electron chi connectivity index (χ4n) is 1.53. The average Bonchev–Trinajstić information content (AvgIpc) is 2.37. The molecule has 1 aromatic carbocycles. The zero-order valence-electron chi connectivity index (χ0n) is 11.6. The molecule has 0 aliphatic rings. The van der Waals surface area contributed by atoms with Crippen LogP contribution in [0.25, 0.3) is 0 Å². The molecule has 0 aromatic heterocycles. The number of amides is 1. The normalized spacial score (nSPS) is 10.3. The van der Waals surface area contributed by atoms with Crippen molar-refractivity contribution in [3.8, 4) is 5.75 Å². The molecule has 0 heterocycles. The van der Waals surface area contributed by atoms with Gasteiger partial charge < -0.3 is 15.8 Å².